The Morgan fingerprint density at radius 1 is 1.10 bits per heavy atom. The van der Waals surface area contributed by atoms with Gasteiger partial charge in [0, 0.05) is 19.1 Å². The quantitative estimate of drug-likeness (QED) is 0.795. The minimum Gasteiger partial charge on any atom is -0.492 e. The highest BCUT2D eigenvalue weighted by molar-refractivity contribution is 5.87. The van der Waals surface area contributed by atoms with Gasteiger partial charge in [0.2, 0.25) is 5.91 Å². The second kappa shape index (κ2) is 9.05. The van der Waals surface area contributed by atoms with Crippen LogP contribution in [0.2, 0.25) is 0 Å². The number of amides is 1. The minimum absolute atomic E-state index is 0.175. The molecule has 2 saturated heterocycles. The average Bonchev–Trinajstić information content (AvgIpc) is 3.14. The lowest BCUT2D eigenvalue weighted by Gasteiger charge is -2.48. The summed E-state index contributed by atoms with van der Waals surface area (Å²) in [7, 11) is 0. The predicted molar refractivity (Wildman–Crippen MR) is 114 cm³/mol. The van der Waals surface area contributed by atoms with E-state index in [4.69, 9.17) is 4.74 Å². The standard InChI is InChI=1S/C24H36N2O3/c1-2-19-7-3-4-8-22(19)29-18-17-25-15-5-13-24(25)14-6-16-26(23(24)28)20-9-11-21(27)12-10-20/h3-4,7-8,20-21,27H,2,5-6,9-18H2,1H3. The van der Waals surface area contributed by atoms with E-state index in [1.165, 1.54) is 5.56 Å². The van der Waals surface area contributed by atoms with E-state index in [0.29, 0.717) is 18.6 Å². The molecule has 3 fully saturated rings. The number of hydrogen-bond donors (Lipinski definition) is 1. The number of ether oxygens (including phenoxy) is 1. The van der Waals surface area contributed by atoms with Crippen molar-refractivity contribution >= 4 is 5.91 Å². The highest BCUT2D eigenvalue weighted by Gasteiger charge is 2.51. The number of para-hydroxylation sites is 1. The molecule has 1 aromatic carbocycles. The second-order valence-corrected chi connectivity index (χ2v) is 9.00. The van der Waals surface area contributed by atoms with Crippen LogP contribution in [0.3, 0.4) is 0 Å². The van der Waals surface area contributed by atoms with E-state index in [9.17, 15) is 9.90 Å². The van der Waals surface area contributed by atoms with E-state index in [0.717, 1.165) is 83.2 Å². The van der Waals surface area contributed by atoms with Crippen LogP contribution in [-0.2, 0) is 11.2 Å². The first-order valence-electron chi connectivity index (χ1n) is 11.6. The van der Waals surface area contributed by atoms with Gasteiger partial charge in [0.1, 0.15) is 17.9 Å². The molecule has 1 atom stereocenters. The van der Waals surface area contributed by atoms with Gasteiger partial charge in [-0.25, -0.2) is 0 Å². The number of piperidine rings is 1. The molecule has 5 heteroatoms. The van der Waals surface area contributed by atoms with Crippen molar-refractivity contribution in [2.75, 3.05) is 26.2 Å². The number of rotatable bonds is 6. The number of carbonyl (C=O) groups is 1. The maximum absolute atomic E-state index is 13.7. The van der Waals surface area contributed by atoms with Crippen LogP contribution in [0.15, 0.2) is 24.3 Å². The zero-order valence-electron chi connectivity index (χ0n) is 17.8. The molecule has 4 rings (SSSR count). The summed E-state index contributed by atoms with van der Waals surface area (Å²) in [6.07, 6.45) is 8.46. The summed E-state index contributed by atoms with van der Waals surface area (Å²) in [6, 6.07) is 8.56. The van der Waals surface area contributed by atoms with Gasteiger partial charge in [0.05, 0.1) is 6.10 Å². The first-order valence-corrected chi connectivity index (χ1v) is 11.6. The molecule has 5 nitrogen and oxygen atoms in total. The van der Waals surface area contributed by atoms with Gasteiger partial charge in [-0.3, -0.25) is 9.69 Å². The van der Waals surface area contributed by atoms with Crippen molar-refractivity contribution in [3.8, 4) is 5.75 Å². The SMILES string of the molecule is CCc1ccccc1OCCN1CCCC12CCCN(C1CCC(O)CC1)C2=O. The van der Waals surface area contributed by atoms with Crippen LogP contribution in [0.1, 0.15) is 63.9 Å². The van der Waals surface area contributed by atoms with E-state index in [-0.39, 0.29) is 11.6 Å². The van der Waals surface area contributed by atoms with E-state index in [1.807, 2.05) is 12.1 Å². The Morgan fingerprint density at radius 3 is 2.59 bits per heavy atom. The lowest BCUT2D eigenvalue weighted by Crippen LogP contribution is -2.62. The molecular weight excluding hydrogens is 364 g/mol. The molecule has 160 valence electrons. The Kier molecular flexibility index (Phi) is 6.45. The van der Waals surface area contributed by atoms with Gasteiger partial charge in [0.25, 0.3) is 0 Å². The third-order valence-corrected chi connectivity index (χ3v) is 7.35. The van der Waals surface area contributed by atoms with Gasteiger partial charge in [-0.05, 0) is 76.0 Å². The van der Waals surface area contributed by atoms with Crippen LogP contribution in [0.25, 0.3) is 0 Å². The van der Waals surface area contributed by atoms with Crippen LogP contribution in [0.4, 0.5) is 0 Å². The predicted octanol–water partition coefficient (Wildman–Crippen LogP) is 3.39. The number of hydrogen-bond acceptors (Lipinski definition) is 4. The molecule has 1 amide bonds. The molecule has 0 aromatic heterocycles. The van der Waals surface area contributed by atoms with E-state index in [2.05, 4.69) is 28.9 Å². The van der Waals surface area contributed by atoms with Crippen molar-refractivity contribution in [3.05, 3.63) is 29.8 Å². The fourth-order valence-electron chi connectivity index (χ4n) is 5.72. The van der Waals surface area contributed by atoms with Gasteiger partial charge < -0.3 is 14.7 Å². The monoisotopic (exact) mass is 400 g/mol. The van der Waals surface area contributed by atoms with Gasteiger partial charge in [-0.15, -0.1) is 0 Å². The Labute approximate surface area is 175 Å². The van der Waals surface area contributed by atoms with E-state index in [1.54, 1.807) is 0 Å². The highest BCUT2D eigenvalue weighted by Crippen LogP contribution is 2.40. The molecule has 1 aliphatic carbocycles. The summed E-state index contributed by atoms with van der Waals surface area (Å²) in [5.74, 6) is 1.32. The molecular formula is C24H36N2O3. The molecule has 2 heterocycles. The normalized spacial score (nSPS) is 30.8. The van der Waals surface area contributed by atoms with Gasteiger partial charge >= 0.3 is 0 Å². The number of likely N-dealkylation sites (tertiary alicyclic amines) is 2. The van der Waals surface area contributed by atoms with Gasteiger partial charge in [-0.2, -0.15) is 0 Å². The minimum atomic E-state index is -0.318. The molecule has 1 aromatic rings. The topological polar surface area (TPSA) is 53.0 Å². The fourth-order valence-corrected chi connectivity index (χ4v) is 5.72. The van der Waals surface area contributed by atoms with Gasteiger partial charge in [0.15, 0.2) is 0 Å². The first-order chi connectivity index (χ1) is 14.1. The summed E-state index contributed by atoms with van der Waals surface area (Å²) in [5.41, 5.74) is 0.921. The zero-order chi connectivity index (χ0) is 20.3. The number of aryl methyl sites for hydroxylation is 1. The molecule has 2 aliphatic heterocycles. The third-order valence-electron chi connectivity index (χ3n) is 7.35. The Hall–Kier alpha value is -1.59. The maximum atomic E-state index is 13.7. The maximum Gasteiger partial charge on any atom is 0.243 e. The van der Waals surface area contributed by atoms with E-state index < -0.39 is 0 Å². The van der Waals surface area contributed by atoms with Crippen LogP contribution in [-0.4, -0.2) is 64.7 Å². The molecule has 3 aliphatic rings. The Morgan fingerprint density at radius 2 is 1.83 bits per heavy atom. The third kappa shape index (κ3) is 4.17. The molecule has 1 unspecified atom stereocenters. The molecule has 1 spiro atoms. The fraction of sp³-hybridized carbons (Fsp3) is 0.708. The Balaban J connectivity index is 1.40. The van der Waals surface area contributed by atoms with Gasteiger partial charge in [-0.1, -0.05) is 25.1 Å². The number of nitrogens with zero attached hydrogens (tertiary/aromatic N) is 2. The Bertz CT molecular complexity index is 701. The summed E-state index contributed by atoms with van der Waals surface area (Å²) in [5, 5.41) is 9.84. The summed E-state index contributed by atoms with van der Waals surface area (Å²) >= 11 is 0. The van der Waals surface area contributed by atoms with E-state index >= 15 is 0 Å². The number of aliphatic hydroxyl groups is 1. The van der Waals surface area contributed by atoms with Crippen molar-refractivity contribution in [1.82, 2.24) is 9.80 Å². The van der Waals surface area contributed by atoms with Crippen LogP contribution < -0.4 is 4.74 Å². The summed E-state index contributed by atoms with van der Waals surface area (Å²) in [4.78, 5) is 18.2. The van der Waals surface area contributed by atoms with Crippen LogP contribution in [0, 0.1) is 0 Å². The summed E-state index contributed by atoms with van der Waals surface area (Å²) < 4.78 is 6.12. The van der Waals surface area contributed by atoms with Crippen LogP contribution in [0.5, 0.6) is 5.75 Å². The number of benzene rings is 1. The first kappa shape index (κ1) is 20.7. The van der Waals surface area contributed by atoms with Crippen molar-refractivity contribution in [1.29, 1.82) is 0 Å². The van der Waals surface area contributed by atoms with Crippen LogP contribution >= 0.6 is 0 Å². The lowest BCUT2D eigenvalue weighted by atomic mass is 9.82. The van der Waals surface area contributed by atoms with Crippen molar-refractivity contribution < 1.29 is 14.6 Å². The molecule has 0 bridgehead atoms. The summed E-state index contributed by atoms with van der Waals surface area (Å²) in [6.45, 7) is 5.46. The van der Waals surface area contributed by atoms with Crippen molar-refractivity contribution in [3.63, 3.8) is 0 Å². The largest absolute Gasteiger partial charge is 0.492 e. The smallest absolute Gasteiger partial charge is 0.243 e. The molecule has 0 radical (unpaired) electrons. The molecule has 1 saturated carbocycles. The number of carbonyl (C=O) groups excluding carboxylic acids is 1. The molecule has 29 heavy (non-hydrogen) atoms. The second-order valence-electron chi connectivity index (χ2n) is 9.00. The number of aliphatic hydroxyl groups excluding tert-OH is 1. The van der Waals surface area contributed by atoms with Crippen molar-refractivity contribution in [2.24, 2.45) is 0 Å². The van der Waals surface area contributed by atoms with Crippen molar-refractivity contribution in [2.45, 2.75) is 82.4 Å². The lowest BCUT2D eigenvalue weighted by molar-refractivity contribution is -0.151. The average molecular weight is 401 g/mol. The highest BCUT2D eigenvalue weighted by atomic mass is 16.5. The molecule has 1 N–H and O–H groups in total. The zero-order valence-corrected chi connectivity index (χ0v) is 17.8.